The van der Waals surface area contributed by atoms with Crippen LogP contribution in [0.25, 0.3) is 10.9 Å². The van der Waals surface area contributed by atoms with Crippen LogP contribution in [0.5, 0.6) is 0 Å². The van der Waals surface area contributed by atoms with Crippen LogP contribution in [-0.4, -0.2) is 28.4 Å². The Kier molecular flexibility index (Phi) is 1.92. The molecule has 0 unspecified atom stereocenters. The van der Waals surface area contributed by atoms with Crippen LogP contribution in [0.15, 0.2) is 24.3 Å². The quantitative estimate of drug-likeness (QED) is 0.665. The summed E-state index contributed by atoms with van der Waals surface area (Å²) < 4.78 is 2.58. The smallest absolute Gasteiger partial charge is 0.200 e. The van der Waals surface area contributed by atoms with Gasteiger partial charge in [0.15, 0.2) is 5.71 Å². The highest BCUT2D eigenvalue weighted by molar-refractivity contribution is 6.03. The Hall–Kier alpha value is -1.57. The zero-order chi connectivity index (χ0) is 11.2. The molecule has 0 radical (unpaired) electrons. The maximum absolute atomic E-state index is 3.64. The summed E-state index contributed by atoms with van der Waals surface area (Å²) in [5.41, 5.74) is 5.84. The van der Waals surface area contributed by atoms with E-state index in [9.17, 15) is 0 Å². The third-order valence-electron chi connectivity index (χ3n) is 4.21. The molecule has 2 heteroatoms. The number of hydrogen-bond acceptors (Lipinski definition) is 0. The molecule has 1 N–H and O–H groups in total. The third-order valence-corrected chi connectivity index (χ3v) is 4.21. The molecule has 2 aliphatic rings. The Bertz CT molecular complexity index is 619. The molecule has 2 aromatic rings. The van der Waals surface area contributed by atoms with Crippen LogP contribution < -0.4 is 0 Å². The Labute approximate surface area is 101 Å². The van der Waals surface area contributed by atoms with Crippen molar-refractivity contribution in [1.82, 2.24) is 4.98 Å². The molecule has 86 valence electrons. The molecule has 2 aliphatic heterocycles. The second-order valence-corrected chi connectivity index (χ2v) is 5.16. The first-order valence-corrected chi connectivity index (χ1v) is 6.64. The van der Waals surface area contributed by atoms with E-state index in [2.05, 4.69) is 33.8 Å². The molecule has 1 aromatic heterocycles. The highest BCUT2D eigenvalue weighted by Crippen LogP contribution is 2.28. The number of aromatic nitrogens is 1. The second kappa shape index (κ2) is 3.46. The normalized spacial score (nSPS) is 19.3. The summed E-state index contributed by atoms with van der Waals surface area (Å²) in [6, 6.07) is 8.72. The van der Waals surface area contributed by atoms with Gasteiger partial charge in [-0.25, -0.2) is 4.58 Å². The number of nitrogens with zero attached hydrogens (tertiary/aromatic N) is 1. The standard InChI is InChI=1S/C15H16N2/c1-2-6-13-11(5-1)12-8-10-17-9-4-3-7-14(17)15(12)16-13/h1-2,5-6H,3-4,7-10H2/p+1. The van der Waals surface area contributed by atoms with Crippen molar-refractivity contribution in [2.45, 2.75) is 25.7 Å². The summed E-state index contributed by atoms with van der Waals surface area (Å²) in [6.45, 7) is 2.47. The van der Waals surface area contributed by atoms with Gasteiger partial charge < -0.3 is 4.98 Å². The van der Waals surface area contributed by atoms with Gasteiger partial charge in [0.1, 0.15) is 18.8 Å². The molecule has 1 aromatic carbocycles. The van der Waals surface area contributed by atoms with Gasteiger partial charge in [0.25, 0.3) is 0 Å². The molecule has 0 spiro atoms. The van der Waals surface area contributed by atoms with Crippen molar-refractivity contribution in [3.63, 3.8) is 0 Å². The Balaban J connectivity index is 2.00. The van der Waals surface area contributed by atoms with Crippen molar-refractivity contribution in [1.29, 1.82) is 0 Å². The summed E-state index contributed by atoms with van der Waals surface area (Å²) in [5, 5.41) is 1.43. The predicted octanol–water partition coefficient (Wildman–Crippen LogP) is 2.71. The minimum atomic E-state index is 1.20. The molecule has 0 saturated heterocycles. The van der Waals surface area contributed by atoms with Crippen molar-refractivity contribution in [2.24, 2.45) is 0 Å². The molecule has 0 aliphatic carbocycles. The lowest BCUT2D eigenvalue weighted by atomic mass is 9.96. The lowest BCUT2D eigenvalue weighted by Gasteiger charge is -2.19. The minimum absolute atomic E-state index is 1.20. The van der Waals surface area contributed by atoms with Gasteiger partial charge >= 0.3 is 0 Å². The Morgan fingerprint density at radius 1 is 1.00 bits per heavy atom. The molecule has 0 atom stereocenters. The largest absolute Gasteiger partial charge is 0.350 e. The van der Waals surface area contributed by atoms with Gasteiger partial charge in [0, 0.05) is 30.2 Å². The Morgan fingerprint density at radius 2 is 1.94 bits per heavy atom. The van der Waals surface area contributed by atoms with Gasteiger partial charge in [-0.3, -0.25) is 0 Å². The van der Waals surface area contributed by atoms with Gasteiger partial charge in [-0.15, -0.1) is 0 Å². The molecule has 0 bridgehead atoms. The molecular weight excluding hydrogens is 208 g/mol. The van der Waals surface area contributed by atoms with Gasteiger partial charge in [0.2, 0.25) is 0 Å². The molecule has 0 fully saturated rings. The number of H-pyrrole nitrogens is 1. The lowest BCUT2D eigenvalue weighted by molar-refractivity contribution is -0.533. The number of aromatic amines is 1. The topological polar surface area (TPSA) is 18.8 Å². The van der Waals surface area contributed by atoms with E-state index in [1.165, 1.54) is 55.4 Å². The van der Waals surface area contributed by atoms with Crippen LogP contribution in [0.4, 0.5) is 0 Å². The van der Waals surface area contributed by atoms with Crippen molar-refractivity contribution in [3.05, 3.63) is 35.5 Å². The maximum Gasteiger partial charge on any atom is 0.200 e. The van der Waals surface area contributed by atoms with Crippen molar-refractivity contribution in [2.75, 3.05) is 13.1 Å². The average Bonchev–Trinajstić information content (AvgIpc) is 2.78. The molecule has 17 heavy (non-hydrogen) atoms. The van der Waals surface area contributed by atoms with Crippen molar-refractivity contribution >= 4 is 16.6 Å². The number of rotatable bonds is 0. The summed E-state index contributed by atoms with van der Waals surface area (Å²) in [6.07, 6.45) is 5.16. The average molecular weight is 225 g/mol. The van der Waals surface area contributed by atoms with E-state index < -0.39 is 0 Å². The molecule has 0 amide bonds. The maximum atomic E-state index is 3.64. The van der Waals surface area contributed by atoms with Crippen LogP contribution in [-0.2, 0) is 6.42 Å². The zero-order valence-electron chi connectivity index (χ0n) is 10.00. The number of para-hydroxylation sites is 1. The summed E-state index contributed by atoms with van der Waals surface area (Å²) >= 11 is 0. The van der Waals surface area contributed by atoms with E-state index in [1.54, 1.807) is 11.3 Å². The van der Waals surface area contributed by atoms with Crippen LogP contribution in [0, 0.1) is 0 Å². The molecule has 3 heterocycles. The lowest BCUT2D eigenvalue weighted by Crippen LogP contribution is -2.33. The predicted molar refractivity (Wildman–Crippen MR) is 70.0 cm³/mol. The Morgan fingerprint density at radius 3 is 2.94 bits per heavy atom. The number of benzene rings is 1. The van der Waals surface area contributed by atoms with E-state index in [-0.39, 0.29) is 0 Å². The zero-order valence-corrected chi connectivity index (χ0v) is 10.00. The van der Waals surface area contributed by atoms with E-state index in [0.717, 1.165) is 0 Å². The number of hydrogen-bond donors (Lipinski definition) is 1. The fraction of sp³-hybridized carbons (Fsp3) is 0.400. The highest BCUT2D eigenvalue weighted by Gasteiger charge is 2.30. The van der Waals surface area contributed by atoms with E-state index in [0.29, 0.717) is 0 Å². The van der Waals surface area contributed by atoms with Gasteiger partial charge in [0.05, 0.1) is 0 Å². The summed E-state index contributed by atoms with van der Waals surface area (Å²) in [5.74, 6) is 0. The summed E-state index contributed by atoms with van der Waals surface area (Å²) in [4.78, 5) is 3.64. The molecular formula is C15H17N2+. The fourth-order valence-corrected chi connectivity index (χ4v) is 3.37. The van der Waals surface area contributed by atoms with E-state index in [4.69, 9.17) is 0 Å². The molecule has 0 saturated carbocycles. The van der Waals surface area contributed by atoms with Crippen molar-refractivity contribution < 1.29 is 4.58 Å². The molecule has 2 nitrogen and oxygen atoms in total. The monoisotopic (exact) mass is 225 g/mol. The first-order valence-electron chi connectivity index (χ1n) is 6.64. The van der Waals surface area contributed by atoms with Gasteiger partial charge in [-0.2, -0.15) is 0 Å². The third kappa shape index (κ3) is 1.30. The first-order chi connectivity index (χ1) is 8.43. The van der Waals surface area contributed by atoms with Gasteiger partial charge in [-0.05, 0) is 18.1 Å². The van der Waals surface area contributed by atoms with E-state index in [1.807, 2.05) is 0 Å². The first kappa shape index (κ1) is 9.46. The van der Waals surface area contributed by atoms with E-state index >= 15 is 0 Å². The molecule has 4 rings (SSSR count). The summed E-state index contributed by atoms with van der Waals surface area (Å²) in [7, 11) is 0. The SMILES string of the molecule is c1ccc2c3c([nH]c2c1)C1=[N+](CCCC1)CC3. The second-order valence-electron chi connectivity index (χ2n) is 5.16. The number of nitrogens with one attached hydrogen (secondary N) is 1. The van der Waals surface area contributed by atoms with Crippen molar-refractivity contribution in [3.8, 4) is 0 Å². The van der Waals surface area contributed by atoms with Crippen LogP contribution in [0.2, 0.25) is 0 Å². The van der Waals surface area contributed by atoms with Crippen LogP contribution in [0.3, 0.4) is 0 Å². The van der Waals surface area contributed by atoms with Crippen LogP contribution in [0.1, 0.15) is 30.5 Å². The fourth-order valence-electron chi connectivity index (χ4n) is 3.37. The number of fused-ring (bicyclic) bond motifs is 4. The van der Waals surface area contributed by atoms with Crippen LogP contribution >= 0.6 is 0 Å². The van der Waals surface area contributed by atoms with Gasteiger partial charge in [-0.1, -0.05) is 18.2 Å². The highest BCUT2D eigenvalue weighted by atomic mass is 15.0. The minimum Gasteiger partial charge on any atom is -0.350 e.